The van der Waals surface area contributed by atoms with Crippen LogP contribution in [0.4, 0.5) is 5.69 Å². The molecular weight excluding hydrogens is 198 g/mol. The number of nitrogens with zero attached hydrogens (tertiary/aromatic N) is 2. The van der Waals surface area contributed by atoms with Crippen molar-refractivity contribution < 1.29 is 14.8 Å². The first-order valence-electron chi connectivity index (χ1n) is 4.23. The monoisotopic (exact) mass is 207 g/mol. The molecule has 1 aromatic carbocycles. The molecule has 0 saturated heterocycles. The van der Waals surface area contributed by atoms with E-state index >= 15 is 0 Å². The molecule has 0 aliphatic heterocycles. The molecule has 1 aromatic heterocycles. The molecule has 0 aliphatic rings. The number of H-pyrrole nitrogens is 1. The first-order chi connectivity index (χ1) is 7.26. The van der Waals surface area contributed by atoms with Crippen LogP contribution in [0.2, 0.25) is 0 Å². The minimum Gasteiger partial charge on any atom is -0.592 e. The number of fused-ring (bicyclic) bond motifs is 1. The highest BCUT2D eigenvalue weighted by molar-refractivity contribution is 5.89. The SMILES string of the molecule is COc1ccc2[nH]cc([N+]([O-])=NO)c2c1. The van der Waals surface area contributed by atoms with E-state index in [-0.39, 0.29) is 10.5 Å². The Morgan fingerprint density at radius 3 is 3.00 bits per heavy atom. The number of nitrogens with one attached hydrogen (secondary N) is 1. The van der Waals surface area contributed by atoms with Gasteiger partial charge in [0.1, 0.15) is 5.75 Å². The van der Waals surface area contributed by atoms with Crippen molar-refractivity contribution in [1.29, 1.82) is 0 Å². The molecule has 2 N–H and O–H groups in total. The fourth-order valence-corrected chi connectivity index (χ4v) is 1.42. The van der Waals surface area contributed by atoms with Crippen LogP contribution in [0.1, 0.15) is 0 Å². The van der Waals surface area contributed by atoms with E-state index in [0.717, 1.165) is 5.52 Å². The summed E-state index contributed by atoms with van der Waals surface area (Å²) in [6.07, 6.45) is 1.47. The van der Waals surface area contributed by atoms with Gasteiger partial charge in [-0.05, 0) is 23.1 Å². The Hall–Kier alpha value is -2.24. The van der Waals surface area contributed by atoms with Gasteiger partial charge in [-0.2, -0.15) is 0 Å². The maximum Gasteiger partial charge on any atom is 0.273 e. The van der Waals surface area contributed by atoms with Crippen LogP contribution in [0.5, 0.6) is 5.75 Å². The molecule has 6 nitrogen and oxygen atoms in total. The summed E-state index contributed by atoms with van der Waals surface area (Å²) >= 11 is 0. The molecule has 0 radical (unpaired) electrons. The molecule has 2 aromatic rings. The van der Waals surface area contributed by atoms with E-state index in [1.807, 2.05) is 0 Å². The summed E-state index contributed by atoms with van der Waals surface area (Å²) in [5.74, 6) is 0.634. The average molecular weight is 207 g/mol. The molecule has 6 heteroatoms. The lowest BCUT2D eigenvalue weighted by Crippen LogP contribution is -1.89. The van der Waals surface area contributed by atoms with Crippen molar-refractivity contribution in [2.45, 2.75) is 0 Å². The van der Waals surface area contributed by atoms with Crippen LogP contribution in [-0.2, 0) is 0 Å². The van der Waals surface area contributed by atoms with Gasteiger partial charge in [0.05, 0.1) is 24.2 Å². The van der Waals surface area contributed by atoms with Crippen LogP contribution in [0.25, 0.3) is 10.9 Å². The van der Waals surface area contributed by atoms with Crippen molar-refractivity contribution in [2.24, 2.45) is 5.28 Å². The van der Waals surface area contributed by atoms with Crippen LogP contribution >= 0.6 is 0 Å². The van der Waals surface area contributed by atoms with E-state index < -0.39 is 0 Å². The molecule has 0 amide bonds. The van der Waals surface area contributed by atoms with Crippen LogP contribution in [0.3, 0.4) is 0 Å². The number of ether oxygens (including phenoxy) is 1. The van der Waals surface area contributed by atoms with E-state index in [4.69, 9.17) is 9.94 Å². The molecule has 78 valence electrons. The average Bonchev–Trinajstić information content (AvgIpc) is 2.70. The molecule has 2 rings (SSSR count). The van der Waals surface area contributed by atoms with Gasteiger partial charge >= 0.3 is 0 Å². The summed E-state index contributed by atoms with van der Waals surface area (Å²) in [4.78, 5) is 3.02. The van der Waals surface area contributed by atoms with Crippen molar-refractivity contribution in [3.63, 3.8) is 0 Å². The summed E-state index contributed by atoms with van der Waals surface area (Å²) in [7, 11) is 1.54. The fourth-order valence-electron chi connectivity index (χ4n) is 1.42. The van der Waals surface area contributed by atoms with Crippen molar-refractivity contribution in [3.8, 4) is 5.75 Å². The number of benzene rings is 1. The Morgan fingerprint density at radius 2 is 2.33 bits per heavy atom. The van der Waals surface area contributed by atoms with E-state index in [1.165, 1.54) is 6.20 Å². The Balaban J connectivity index is 2.66. The first-order valence-corrected chi connectivity index (χ1v) is 4.23. The van der Waals surface area contributed by atoms with E-state index in [9.17, 15) is 5.21 Å². The standard InChI is InChI=1S/C9H9N3O3/c1-15-6-2-3-8-7(4-6)9(5-10-8)12(14)11-13/h2-5,10,13H,1H3. The second kappa shape index (κ2) is 3.49. The lowest BCUT2D eigenvalue weighted by atomic mass is 10.2. The highest BCUT2D eigenvalue weighted by atomic mass is 16.6. The van der Waals surface area contributed by atoms with Gasteiger partial charge in [0.25, 0.3) is 5.69 Å². The summed E-state index contributed by atoms with van der Waals surface area (Å²) in [6, 6.07) is 5.24. The predicted octanol–water partition coefficient (Wildman–Crippen LogP) is 2.16. The lowest BCUT2D eigenvalue weighted by molar-refractivity contribution is -0.472. The number of hydrogen-bond acceptors (Lipinski definition) is 3. The Labute approximate surface area is 85.0 Å². The van der Waals surface area contributed by atoms with Gasteiger partial charge in [0, 0.05) is 0 Å². The number of methoxy groups -OCH3 is 1. The minimum atomic E-state index is 0.137. The van der Waals surface area contributed by atoms with Crippen LogP contribution in [-0.4, -0.2) is 22.2 Å². The van der Waals surface area contributed by atoms with E-state index in [1.54, 1.807) is 25.3 Å². The van der Waals surface area contributed by atoms with Gasteiger partial charge in [-0.3, -0.25) is 0 Å². The van der Waals surface area contributed by atoms with Gasteiger partial charge in [-0.25, -0.2) is 0 Å². The molecule has 0 atom stereocenters. The molecule has 0 spiro atoms. The second-order valence-electron chi connectivity index (χ2n) is 2.95. The topological polar surface area (TPSA) is 83.7 Å². The first kappa shape index (κ1) is 9.32. The summed E-state index contributed by atoms with van der Waals surface area (Å²) < 4.78 is 5.03. The summed E-state index contributed by atoms with van der Waals surface area (Å²) in [5.41, 5.74) is 1.02. The molecule has 0 bridgehead atoms. The fraction of sp³-hybridized carbons (Fsp3) is 0.111. The zero-order chi connectivity index (χ0) is 10.8. The zero-order valence-corrected chi connectivity index (χ0v) is 7.97. The third-order valence-electron chi connectivity index (χ3n) is 2.15. The van der Waals surface area contributed by atoms with Crippen LogP contribution < -0.4 is 4.74 Å². The smallest absolute Gasteiger partial charge is 0.273 e. The molecular formula is C9H9N3O3. The molecule has 15 heavy (non-hydrogen) atoms. The number of hydrogen-bond donors (Lipinski definition) is 2. The summed E-state index contributed by atoms with van der Waals surface area (Å²) in [6.45, 7) is 0. The van der Waals surface area contributed by atoms with Crippen molar-refractivity contribution in [1.82, 2.24) is 4.98 Å². The second-order valence-corrected chi connectivity index (χ2v) is 2.95. The Morgan fingerprint density at radius 1 is 1.53 bits per heavy atom. The lowest BCUT2D eigenvalue weighted by Gasteiger charge is -1.99. The van der Waals surface area contributed by atoms with Crippen LogP contribution in [0.15, 0.2) is 29.7 Å². The van der Waals surface area contributed by atoms with E-state index in [0.29, 0.717) is 11.1 Å². The highest BCUT2D eigenvalue weighted by Gasteiger charge is 2.13. The maximum absolute atomic E-state index is 11.1. The predicted molar refractivity (Wildman–Crippen MR) is 52.4 cm³/mol. The summed E-state index contributed by atoms with van der Waals surface area (Å²) in [5, 5.41) is 22.7. The molecule has 1 heterocycles. The number of aromatic amines is 1. The van der Waals surface area contributed by atoms with Gasteiger partial charge in [-0.1, -0.05) is 0 Å². The van der Waals surface area contributed by atoms with Crippen molar-refractivity contribution >= 4 is 16.6 Å². The highest BCUT2D eigenvalue weighted by Crippen LogP contribution is 2.28. The zero-order valence-electron chi connectivity index (χ0n) is 7.97. The van der Waals surface area contributed by atoms with Gasteiger partial charge in [0.2, 0.25) is 5.28 Å². The minimum absolute atomic E-state index is 0.137. The third kappa shape index (κ3) is 1.45. The van der Waals surface area contributed by atoms with Gasteiger partial charge in [0.15, 0.2) is 0 Å². The van der Waals surface area contributed by atoms with E-state index in [2.05, 4.69) is 10.3 Å². The van der Waals surface area contributed by atoms with Crippen molar-refractivity contribution in [2.75, 3.05) is 7.11 Å². The maximum atomic E-state index is 11.1. The number of aromatic nitrogens is 1. The number of rotatable bonds is 2. The molecule has 0 saturated carbocycles. The van der Waals surface area contributed by atoms with Gasteiger partial charge in [-0.15, -0.1) is 0 Å². The Bertz CT molecular complexity index is 518. The molecule has 0 fully saturated rings. The quantitative estimate of drug-likeness (QED) is 0.449. The normalized spacial score (nSPS) is 11.9. The third-order valence-corrected chi connectivity index (χ3v) is 2.15. The van der Waals surface area contributed by atoms with Crippen LogP contribution in [0, 0.1) is 5.21 Å². The van der Waals surface area contributed by atoms with Crippen molar-refractivity contribution in [3.05, 3.63) is 29.6 Å². The molecule has 0 aliphatic carbocycles. The Kier molecular flexibility index (Phi) is 2.17. The largest absolute Gasteiger partial charge is 0.592 e. The van der Waals surface area contributed by atoms with Gasteiger partial charge < -0.3 is 20.1 Å². The molecule has 0 unspecified atom stereocenters.